The monoisotopic (exact) mass is 459 g/mol. The van der Waals surface area contributed by atoms with Crippen molar-refractivity contribution in [3.63, 3.8) is 0 Å². The Morgan fingerprint density at radius 2 is 1.91 bits per heavy atom. The van der Waals surface area contributed by atoms with Crippen molar-refractivity contribution in [2.45, 2.75) is 33.1 Å². The Balaban J connectivity index is 0.00000289. The van der Waals surface area contributed by atoms with Gasteiger partial charge >= 0.3 is 5.97 Å². The zero-order valence-corrected chi connectivity index (χ0v) is 19.5. The molecule has 0 aromatic heterocycles. The van der Waals surface area contributed by atoms with Crippen LogP contribution < -0.4 is 4.74 Å². The number of aliphatic carboxylic acids is 1. The summed E-state index contributed by atoms with van der Waals surface area (Å²) >= 11 is 0. The number of nitrogens with zero attached hydrogens (tertiary/aromatic N) is 1. The molecule has 1 heterocycles. The first-order valence-electron chi connectivity index (χ1n) is 11.0. The summed E-state index contributed by atoms with van der Waals surface area (Å²) in [6.45, 7) is 7.12. The second-order valence-electron chi connectivity index (χ2n) is 9.02. The second-order valence-corrected chi connectivity index (χ2v) is 9.02. The van der Waals surface area contributed by atoms with Crippen molar-refractivity contribution < 1.29 is 19.0 Å². The van der Waals surface area contributed by atoms with Crippen molar-refractivity contribution in [3.05, 3.63) is 70.5 Å². The molecule has 1 N–H and O–H groups in total. The van der Waals surface area contributed by atoms with E-state index in [1.165, 1.54) is 34.4 Å². The molecule has 0 bridgehead atoms. The fraction of sp³-hybridized carbons (Fsp3) is 0.423. The summed E-state index contributed by atoms with van der Waals surface area (Å²) < 4.78 is 19.1. The fourth-order valence-electron chi connectivity index (χ4n) is 4.54. The minimum atomic E-state index is -0.685. The molecule has 6 heteroatoms. The van der Waals surface area contributed by atoms with Crippen LogP contribution in [0.25, 0.3) is 5.57 Å². The van der Waals surface area contributed by atoms with Gasteiger partial charge in [-0.2, -0.15) is 0 Å². The summed E-state index contributed by atoms with van der Waals surface area (Å²) in [5.41, 5.74) is 6.45. The van der Waals surface area contributed by atoms with E-state index in [1.807, 2.05) is 18.2 Å². The highest BCUT2D eigenvalue weighted by molar-refractivity contribution is 5.85. The van der Waals surface area contributed by atoms with Crippen LogP contribution in [0.4, 0.5) is 4.39 Å². The molecule has 0 radical (unpaired) electrons. The number of ether oxygens (including phenoxy) is 1. The van der Waals surface area contributed by atoms with Gasteiger partial charge in [0, 0.05) is 19.6 Å². The normalized spacial score (nSPS) is 17.2. The molecule has 1 aliphatic heterocycles. The predicted molar refractivity (Wildman–Crippen MR) is 127 cm³/mol. The zero-order chi connectivity index (χ0) is 22.0. The molecule has 1 atom stereocenters. The fourth-order valence-corrected chi connectivity index (χ4v) is 4.54. The lowest BCUT2D eigenvalue weighted by atomic mass is 9.85. The molecule has 0 amide bonds. The molecule has 0 saturated carbocycles. The number of likely N-dealkylation sites (tertiary alicyclic amines) is 1. The van der Waals surface area contributed by atoms with Gasteiger partial charge in [-0.15, -0.1) is 12.4 Å². The molecule has 2 aromatic carbocycles. The minimum Gasteiger partial charge on any atom is -0.493 e. The minimum absolute atomic E-state index is 0. The van der Waals surface area contributed by atoms with Gasteiger partial charge in [0.1, 0.15) is 11.6 Å². The van der Waals surface area contributed by atoms with Crippen molar-refractivity contribution in [3.8, 4) is 5.75 Å². The Hall–Kier alpha value is -2.37. The first-order chi connectivity index (χ1) is 14.9. The second kappa shape index (κ2) is 10.5. The zero-order valence-electron chi connectivity index (χ0n) is 18.6. The summed E-state index contributed by atoms with van der Waals surface area (Å²) in [4.78, 5) is 13.2. The maximum absolute atomic E-state index is 13.1. The molecule has 2 aromatic rings. The number of aryl methyl sites for hydroxylation is 1. The first kappa shape index (κ1) is 24.3. The van der Waals surface area contributed by atoms with E-state index < -0.39 is 5.97 Å². The van der Waals surface area contributed by atoms with Crippen LogP contribution in [-0.2, 0) is 17.6 Å². The number of carboxylic acids is 1. The molecular weight excluding hydrogens is 429 g/mol. The average Bonchev–Trinajstić information content (AvgIpc) is 2.71. The van der Waals surface area contributed by atoms with E-state index in [2.05, 4.69) is 30.9 Å². The van der Waals surface area contributed by atoms with E-state index >= 15 is 0 Å². The van der Waals surface area contributed by atoms with Crippen molar-refractivity contribution in [2.75, 3.05) is 26.2 Å². The van der Waals surface area contributed by atoms with Crippen LogP contribution in [0.15, 0.2) is 48.0 Å². The lowest BCUT2D eigenvalue weighted by Gasteiger charge is -2.38. The van der Waals surface area contributed by atoms with E-state index in [1.54, 1.807) is 0 Å². The quantitative estimate of drug-likeness (QED) is 0.586. The third kappa shape index (κ3) is 5.70. The first-order valence-corrected chi connectivity index (χ1v) is 11.0. The Morgan fingerprint density at radius 1 is 1.19 bits per heavy atom. The molecule has 0 unspecified atom stereocenters. The maximum atomic E-state index is 13.1. The van der Waals surface area contributed by atoms with Gasteiger partial charge in [0.2, 0.25) is 0 Å². The van der Waals surface area contributed by atoms with Crippen molar-refractivity contribution >= 4 is 23.9 Å². The van der Waals surface area contributed by atoms with Crippen molar-refractivity contribution in [1.29, 1.82) is 0 Å². The highest BCUT2D eigenvalue weighted by Crippen LogP contribution is 2.34. The molecule has 4 rings (SSSR count). The predicted octanol–water partition coefficient (Wildman–Crippen LogP) is 5.24. The lowest BCUT2D eigenvalue weighted by molar-refractivity contribution is -0.147. The SMILES string of the molecule is CC1=C(CN2CC(C(=O)O)C2)CCc2cc(OC[C@@H](C)Cc3ccc(F)cc3)ccc21.Cl. The van der Waals surface area contributed by atoms with Gasteiger partial charge in [-0.3, -0.25) is 9.69 Å². The molecule has 0 spiro atoms. The van der Waals surface area contributed by atoms with Crippen LogP contribution in [0, 0.1) is 17.7 Å². The molecule has 1 saturated heterocycles. The number of carbonyl (C=O) groups is 1. The smallest absolute Gasteiger partial charge is 0.309 e. The molecule has 1 aliphatic carbocycles. The molecule has 1 fully saturated rings. The van der Waals surface area contributed by atoms with Gasteiger partial charge in [0.15, 0.2) is 0 Å². The third-order valence-corrected chi connectivity index (χ3v) is 6.46. The number of benzene rings is 2. The summed E-state index contributed by atoms with van der Waals surface area (Å²) in [6, 6.07) is 13.0. The summed E-state index contributed by atoms with van der Waals surface area (Å²) in [7, 11) is 0. The number of rotatable bonds is 8. The van der Waals surface area contributed by atoms with Crippen LogP contribution in [0.2, 0.25) is 0 Å². The highest BCUT2D eigenvalue weighted by atomic mass is 35.5. The number of allylic oxidation sites excluding steroid dienone is 1. The number of fused-ring (bicyclic) bond motifs is 1. The van der Waals surface area contributed by atoms with E-state index in [0.717, 1.165) is 37.1 Å². The largest absolute Gasteiger partial charge is 0.493 e. The van der Waals surface area contributed by atoms with E-state index in [4.69, 9.17) is 9.84 Å². The van der Waals surface area contributed by atoms with Gasteiger partial charge in [0.25, 0.3) is 0 Å². The maximum Gasteiger partial charge on any atom is 0.309 e. The van der Waals surface area contributed by atoms with Crippen LogP contribution in [0.1, 0.15) is 37.0 Å². The molecule has 32 heavy (non-hydrogen) atoms. The van der Waals surface area contributed by atoms with E-state index in [-0.39, 0.29) is 24.1 Å². The summed E-state index contributed by atoms with van der Waals surface area (Å²) in [5, 5.41) is 9.06. The van der Waals surface area contributed by atoms with Gasteiger partial charge in [-0.1, -0.05) is 30.7 Å². The number of hydrogen-bond acceptors (Lipinski definition) is 3. The molecule has 2 aliphatic rings. The lowest BCUT2D eigenvalue weighted by Crippen LogP contribution is -2.50. The number of halogens is 2. The molecule has 4 nitrogen and oxygen atoms in total. The topological polar surface area (TPSA) is 49.8 Å². The Morgan fingerprint density at radius 3 is 2.59 bits per heavy atom. The highest BCUT2D eigenvalue weighted by Gasteiger charge is 2.33. The van der Waals surface area contributed by atoms with Crippen LogP contribution in [0.5, 0.6) is 5.75 Å². The van der Waals surface area contributed by atoms with Crippen molar-refractivity contribution in [2.24, 2.45) is 11.8 Å². The number of hydrogen-bond donors (Lipinski definition) is 1. The van der Waals surface area contributed by atoms with Gasteiger partial charge in [-0.05, 0) is 78.6 Å². The Labute approximate surface area is 195 Å². The third-order valence-electron chi connectivity index (χ3n) is 6.46. The van der Waals surface area contributed by atoms with Gasteiger partial charge in [0.05, 0.1) is 12.5 Å². The average molecular weight is 460 g/mol. The van der Waals surface area contributed by atoms with Crippen LogP contribution in [0.3, 0.4) is 0 Å². The van der Waals surface area contributed by atoms with Crippen LogP contribution in [-0.4, -0.2) is 42.2 Å². The van der Waals surface area contributed by atoms with Crippen molar-refractivity contribution in [1.82, 2.24) is 4.90 Å². The Bertz CT molecular complexity index is 983. The Kier molecular flexibility index (Phi) is 7.96. The van der Waals surface area contributed by atoms with Gasteiger partial charge in [-0.25, -0.2) is 4.39 Å². The van der Waals surface area contributed by atoms with Gasteiger partial charge < -0.3 is 9.84 Å². The van der Waals surface area contributed by atoms with Crippen LogP contribution >= 0.6 is 12.4 Å². The number of carboxylic acid groups (broad SMARTS) is 1. The molecular formula is C26H31ClFNO3. The summed E-state index contributed by atoms with van der Waals surface area (Å²) in [6.07, 6.45) is 2.85. The standard InChI is InChI=1S/C26H30FNO3.ClH/c1-17(11-19-3-7-23(27)8-4-19)16-31-24-9-10-25-18(2)21(6-5-20(25)12-24)13-28-14-22(15-28)26(29)30;/h3-4,7-10,12,17,22H,5-6,11,13-16H2,1-2H3,(H,29,30);1H/t17-;/m0./s1. The molecule has 172 valence electrons. The van der Waals surface area contributed by atoms with E-state index in [0.29, 0.717) is 25.6 Å². The summed E-state index contributed by atoms with van der Waals surface area (Å²) in [5.74, 6) is 0.134. The van der Waals surface area contributed by atoms with E-state index in [9.17, 15) is 9.18 Å².